The Morgan fingerprint density at radius 1 is 0.963 bits per heavy atom. The minimum atomic E-state index is -1.07. The van der Waals surface area contributed by atoms with Crippen LogP contribution in [-0.4, -0.2) is 32.1 Å². The number of hydrogen-bond acceptors (Lipinski definition) is 4. The molecule has 0 aliphatic rings. The van der Waals surface area contributed by atoms with Gasteiger partial charge in [-0.2, -0.15) is 0 Å². The second-order valence-corrected chi connectivity index (χ2v) is 5.98. The standard InChI is InChI=1S/C19H13N3O5/c23-17-16-15(12-7-10(19(26)27)4-5-13(12)22-16)14(8-20-17)21-11-3-1-2-9(6-11)18(24)25/h1-8,21-22H,(H,20,23)(H,24,25)(H,26,27). The number of H-pyrrole nitrogens is 2. The first-order chi connectivity index (χ1) is 12.9. The van der Waals surface area contributed by atoms with Crippen LogP contribution in [0.15, 0.2) is 53.5 Å². The van der Waals surface area contributed by atoms with Gasteiger partial charge in [-0.05, 0) is 36.4 Å². The number of carbonyl (C=O) groups is 2. The van der Waals surface area contributed by atoms with Gasteiger partial charge >= 0.3 is 11.9 Å². The minimum Gasteiger partial charge on any atom is -0.478 e. The predicted octanol–water partition coefficient (Wildman–Crippen LogP) is 3.15. The zero-order chi connectivity index (χ0) is 19.1. The molecule has 8 heteroatoms. The fraction of sp³-hybridized carbons (Fsp3) is 0. The van der Waals surface area contributed by atoms with Crippen molar-refractivity contribution in [2.45, 2.75) is 0 Å². The van der Waals surface area contributed by atoms with Gasteiger partial charge in [0.2, 0.25) is 0 Å². The molecule has 2 heterocycles. The zero-order valence-corrected chi connectivity index (χ0v) is 13.7. The monoisotopic (exact) mass is 363 g/mol. The minimum absolute atomic E-state index is 0.0995. The summed E-state index contributed by atoms with van der Waals surface area (Å²) in [6, 6.07) is 10.8. The van der Waals surface area contributed by atoms with Gasteiger partial charge in [-0.25, -0.2) is 9.59 Å². The van der Waals surface area contributed by atoms with Gasteiger partial charge in [-0.3, -0.25) is 4.79 Å². The lowest BCUT2D eigenvalue weighted by molar-refractivity contribution is 0.0686. The Labute approximate surface area is 151 Å². The number of carboxylic acid groups (broad SMARTS) is 2. The van der Waals surface area contributed by atoms with E-state index < -0.39 is 11.9 Å². The molecule has 27 heavy (non-hydrogen) atoms. The van der Waals surface area contributed by atoms with E-state index in [-0.39, 0.29) is 16.7 Å². The third-order valence-electron chi connectivity index (χ3n) is 4.28. The number of aromatic amines is 2. The van der Waals surface area contributed by atoms with E-state index in [4.69, 9.17) is 5.11 Å². The van der Waals surface area contributed by atoms with Crippen LogP contribution in [0.2, 0.25) is 0 Å². The molecular weight excluding hydrogens is 350 g/mol. The first-order valence-electron chi connectivity index (χ1n) is 7.95. The van der Waals surface area contributed by atoms with E-state index in [0.29, 0.717) is 33.2 Å². The molecule has 2 aromatic carbocycles. The molecule has 134 valence electrons. The van der Waals surface area contributed by atoms with Gasteiger partial charge in [0, 0.05) is 28.2 Å². The van der Waals surface area contributed by atoms with Crippen LogP contribution in [0, 0.1) is 0 Å². The molecule has 0 radical (unpaired) electrons. The van der Waals surface area contributed by atoms with Crippen LogP contribution in [-0.2, 0) is 0 Å². The highest BCUT2D eigenvalue weighted by Crippen LogP contribution is 2.32. The number of hydrogen-bond donors (Lipinski definition) is 5. The lowest BCUT2D eigenvalue weighted by Gasteiger charge is -2.09. The number of anilines is 2. The molecule has 0 atom stereocenters. The molecule has 5 N–H and O–H groups in total. The number of aromatic nitrogens is 2. The van der Waals surface area contributed by atoms with Gasteiger partial charge in [0.15, 0.2) is 0 Å². The molecule has 0 fully saturated rings. The number of rotatable bonds is 4. The highest BCUT2D eigenvalue weighted by molar-refractivity contribution is 6.14. The summed E-state index contributed by atoms with van der Waals surface area (Å²) in [5.74, 6) is -2.12. The molecule has 0 amide bonds. The molecule has 0 saturated heterocycles. The molecule has 8 nitrogen and oxygen atoms in total. The maximum absolute atomic E-state index is 12.2. The van der Waals surface area contributed by atoms with Crippen LogP contribution in [0.1, 0.15) is 20.7 Å². The Morgan fingerprint density at radius 2 is 1.70 bits per heavy atom. The highest BCUT2D eigenvalue weighted by Gasteiger charge is 2.15. The highest BCUT2D eigenvalue weighted by atomic mass is 16.4. The number of fused-ring (bicyclic) bond motifs is 3. The van der Waals surface area contributed by atoms with Gasteiger partial charge in [-0.1, -0.05) is 6.07 Å². The molecule has 4 rings (SSSR count). The van der Waals surface area contributed by atoms with E-state index >= 15 is 0 Å². The van der Waals surface area contributed by atoms with Crippen molar-refractivity contribution in [1.29, 1.82) is 0 Å². The van der Waals surface area contributed by atoms with Gasteiger partial charge < -0.3 is 25.5 Å². The first kappa shape index (κ1) is 16.4. The largest absolute Gasteiger partial charge is 0.478 e. The molecule has 0 saturated carbocycles. The maximum atomic E-state index is 12.2. The van der Waals surface area contributed by atoms with Gasteiger partial charge in [0.05, 0.1) is 16.8 Å². The van der Waals surface area contributed by atoms with Crippen LogP contribution < -0.4 is 10.9 Å². The predicted molar refractivity (Wildman–Crippen MR) is 100 cm³/mol. The molecule has 0 spiro atoms. The SMILES string of the molecule is O=C(O)c1cccc(Nc2c[nH]c(=O)c3[nH]c4ccc(C(=O)O)cc4c23)c1. The van der Waals surface area contributed by atoms with Crippen LogP contribution in [0.3, 0.4) is 0 Å². The summed E-state index contributed by atoms with van der Waals surface area (Å²) in [6.45, 7) is 0. The van der Waals surface area contributed by atoms with Gasteiger partial charge in [0.1, 0.15) is 5.52 Å². The molecule has 0 unspecified atom stereocenters. The lowest BCUT2D eigenvalue weighted by atomic mass is 10.1. The normalized spacial score (nSPS) is 11.0. The first-order valence-corrected chi connectivity index (χ1v) is 7.95. The zero-order valence-electron chi connectivity index (χ0n) is 13.7. The van der Waals surface area contributed by atoms with Gasteiger partial charge in [-0.15, -0.1) is 0 Å². The quantitative estimate of drug-likeness (QED) is 0.378. The number of aromatic carboxylic acids is 2. The number of pyridine rings is 1. The molecule has 0 aliphatic carbocycles. The van der Waals surface area contributed by atoms with Crippen molar-refractivity contribution in [3.05, 3.63) is 70.1 Å². The van der Waals surface area contributed by atoms with Crippen LogP contribution in [0.4, 0.5) is 11.4 Å². The molecule has 2 aromatic heterocycles. The van der Waals surface area contributed by atoms with Crippen LogP contribution >= 0.6 is 0 Å². The van der Waals surface area contributed by atoms with Crippen molar-refractivity contribution in [2.24, 2.45) is 0 Å². The molecule has 0 bridgehead atoms. The van der Waals surface area contributed by atoms with Crippen LogP contribution in [0.25, 0.3) is 21.8 Å². The van der Waals surface area contributed by atoms with E-state index in [9.17, 15) is 19.5 Å². The number of nitrogens with one attached hydrogen (secondary N) is 3. The van der Waals surface area contributed by atoms with Crippen molar-refractivity contribution >= 4 is 45.1 Å². The summed E-state index contributed by atoms with van der Waals surface area (Å²) in [6.07, 6.45) is 1.47. The Bertz CT molecular complexity index is 1290. The summed E-state index contributed by atoms with van der Waals surface area (Å²) >= 11 is 0. The van der Waals surface area contributed by atoms with E-state index in [1.54, 1.807) is 18.2 Å². The average molecular weight is 363 g/mol. The summed E-state index contributed by atoms with van der Waals surface area (Å²) in [7, 11) is 0. The average Bonchev–Trinajstić information content (AvgIpc) is 3.04. The Hall–Kier alpha value is -4.07. The summed E-state index contributed by atoms with van der Waals surface area (Å²) in [5.41, 5.74) is 1.83. The van der Waals surface area contributed by atoms with E-state index in [0.717, 1.165) is 0 Å². The summed E-state index contributed by atoms with van der Waals surface area (Å²) < 4.78 is 0. The van der Waals surface area contributed by atoms with Crippen molar-refractivity contribution in [3.63, 3.8) is 0 Å². The topological polar surface area (TPSA) is 135 Å². The van der Waals surface area contributed by atoms with E-state index in [1.807, 2.05) is 0 Å². The van der Waals surface area contributed by atoms with Crippen molar-refractivity contribution in [2.75, 3.05) is 5.32 Å². The number of benzene rings is 2. The van der Waals surface area contributed by atoms with E-state index in [1.165, 1.54) is 30.5 Å². The van der Waals surface area contributed by atoms with Crippen molar-refractivity contribution < 1.29 is 19.8 Å². The maximum Gasteiger partial charge on any atom is 0.335 e. The van der Waals surface area contributed by atoms with Gasteiger partial charge in [0.25, 0.3) is 5.56 Å². The fourth-order valence-corrected chi connectivity index (χ4v) is 3.04. The fourth-order valence-electron chi connectivity index (χ4n) is 3.04. The smallest absolute Gasteiger partial charge is 0.335 e. The third-order valence-corrected chi connectivity index (χ3v) is 4.28. The Kier molecular flexibility index (Phi) is 3.66. The van der Waals surface area contributed by atoms with Crippen molar-refractivity contribution in [1.82, 2.24) is 9.97 Å². The summed E-state index contributed by atoms with van der Waals surface area (Å²) in [5, 5.41) is 22.6. The molecule has 4 aromatic rings. The molecular formula is C19H13N3O5. The van der Waals surface area contributed by atoms with Crippen LogP contribution in [0.5, 0.6) is 0 Å². The Morgan fingerprint density at radius 3 is 2.44 bits per heavy atom. The molecule has 0 aliphatic heterocycles. The second-order valence-electron chi connectivity index (χ2n) is 5.98. The van der Waals surface area contributed by atoms with E-state index in [2.05, 4.69) is 15.3 Å². The summed E-state index contributed by atoms with van der Waals surface area (Å²) in [4.78, 5) is 40.3. The third kappa shape index (κ3) is 2.78. The van der Waals surface area contributed by atoms with Crippen molar-refractivity contribution in [3.8, 4) is 0 Å². The Balaban J connectivity index is 1.94. The lowest BCUT2D eigenvalue weighted by Crippen LogP contribution is -2.07. The second kappa shape index (κ2) is 6.03. The number of carboxylic acids is 2.